The van der Waals surface area contributed by atoms with E-state index in [1.54, 1.807) is 6.20 Å². The number of nitrogens with zero attached hydrogens (tertiary/aromatic N) is 2. The van der Waals surface area contributed by atoms with Crippen molar-refractivity contribution in [3.8, 4) is 0 Å². The van der Waals surface area contributed by atoms with Gasteiger partial charge in [-0.2, -0.15) is 0 Å². The van der Waals surface area contributed by atoms with Crippen molar-refractivity contribution in [2.75, 3.05) is 18.0 Å². The molecule has 4 rings (SSSR count). The Morgan fingerprint density at radius 3 is 2.73 bits per heavy atom. The molecule has 26 heavy (non-hydrogen) atoms. The second kappa shape index (κ2) is 7.40. The van der Waals surface area contributed by atoms with Gasteiger partial charge in [0.15, 0.2) is 0 Å². The van der Waals surface area contributed by atoms with Crippen molar-refractivity contribution >= 4 is 17.3 Å². The van der Waals surface area contributed by atoms with E-state index in [-0.39, 0.29) is 5.91 Å². The number of nitrogens with one attached hydrogen (secondary N) is 1. The average Bonchev–Trinajstić information content (AvgIpc) is 3.13. The van der Waals surface area contributed by atoms with Gasteiger partial charge in [-0.25, -0.2) is 0 Å². The fourth-order valence-corrected chi connectivity index (χ4v) is 3.37. The molecule has 1 aliphatic heterocycles. The molecule has 0 bridgehead atoms. The molecule has 1 aromatic heterocycles. The van der Waals surface area contributed by atoms with Crippen molar-refractivity contribution in [1.82, 2.24) is 10.3 Å². The third kappa shape index (κ3) is 3.45. The molecule has 0 aliphatic carbocycles. The second-order valence-corrected chi connectivity index (χ2v) is 6.45. The Kier molecular flexibility index (Phi) is 4.65. The fourth-order valence-electron chi connectivity index (χ4n) is 3.37. The van der Waals surface area contributed by atoms with Crippen LogP contribution in [0.5, 0.6) is 0 Å². The van der Waals surface area contributed by atoms with Gasteiger partial charge in [-0.3, -0.25) is 9.78 Å². The number of hydrogen-bond acceptors (Lipinski definition) is 3. The summed E-state index contributed by atoms with van der Waals surface area (Å²) in [5.74, 6) is -0.0808. The van der Waals surface area contributed by atoms with Crippen LogP contribution < -0.4 is 10.2 Å². The minimum atomic E-state index is -0.0808. The van der Waals surface area contributed by atoms with E-state index >= 15 is 0 Å². The maximum absolute atomic E-state index is 12.5. The monoisotopic (exact) mass is 343 g/mol. The number of carbonyl (C=O) groups is 1. The number of carbonyl (C=O) groups excluding carboxylic acids is 1. The lowest BCUT2D eigenvalue weighted by Crippen LogP contribution is -2.26. The van der Waals surface area contributed by atoms with Crippen LogP contribution in [0, 0.1) is 0 Å². The van der Waals surface area contributed by atoms with Gasteiger partial charge in [0.05, 0.1) is 17.4 Å². The predicted octanol–water partition coefficient (Wildman–Crippen LogP) is 3.75. The van der Waals surface area contributed by atoms with E-state index in [1.165, 1.54) is 16.8 Å². The van der Waals surface area contributed by atoms with Crippen LogP contribution >= 0.6 is 0 Å². The lowest BCUT2D eigenvalue weighted by atomic mass is 10.1. The zero-order chi connectivity index (χ0) is 17.8. The van der Waals surface area contributed by atoms with Gasteiger partial charge in [0, 0.05) is 25.0 Å². The zero-order valence-electron chi connectivity index (χ0n) is 14.6. The first-order chi connectivity index (χ1) is 12.8. The molecule has 2 aromatic carbocycles. The summed E-state index contributed by atoms with van der Waals surface area (Å²) < 4.78 is 0. The smallest absolute Gasteiger partial charge is 0.252 e. The van der Waals surface area contributed by atoms with Crippen molar-refractivity contribution in [3.05, 3.63) is 89.7 Å². The molecular formula is C22H21N3O. The molecule has 0 atom stereocenters. The maximum atomic E-state index is 12.5. The van der Waals surface area contributed by atoms with Gasteiger partial charge in [-0.15, -0.1) is 0 Å². The molecule has 1 aliphatic rings. The molecular weight excluding hydrogens is 322 g/mol. The number of hydrogen-bond donors (Lipinski definition) is 1. The topological polar surface area (TPSA) is 45.2 Å². The van der Waals surface area contributed by atoms with Gasteiger partial charge < -0.3 is 10.2 Å². The minimum Gasteiger partial charge on any atom is -0.352 e. The van der Waals surface area contributed by atoms with Gasteiger partial charge in [-0.05, 0) is 36.1 Å². The number of para-hydroxylation sites is 1. The van der Waals surface area contributed by atoms with Crippen LogP contribution in [-0.4, -0.2) is 24.0 Å². The van der Waals surface area contributed by atoms with Crippen molar-refractivity contribution in [3.63, 3.8) is 0 Å². The number of amides is 1. The van der Waals surface area contributed by atoms with Crippen molar-refractivity contribution in [2.24, 2.45) is 0 Å². The Hall–Kier alpha value is -3.14. The molecule has 0 saturated carbocycles. The Morgan fingerprint density at radius 2 is 1.85 bits per heavy atom. The SMILES string of the molecule is O=C(NCCc1ccccc1)c1cncc(N2CCc3ccccc32)c1. The zero-order valence-corrected chi connectivity index (χ0v) is 14.6. The van der Waals surface area contributed by atoms with Crippen LogP contribution in [0.15, 0.2) is 73.1 Å². The highest BCUT2D eigenvalue weighted by atomic mass is 16.1. The van der Waals surface area contributed by atoms with Crippen LogP contribution in [0.4, 0.5) is 11.4 Å². The van der Waals surface area contributed by atoms with Crippen LogP contribution in [0.25, 0.3) is 0 Å². The minimum absolute atomic E-state index is 0.0808. The molecule has 0 fully saturated rings. The average molecular weight is 343 g/mol. The first-order valence-corrected chi connectivity index (χ1v) is 8.94. The second-order valence-electron chi connectivity index (χ2n) is 6.45. The third-order valence-electron chi connectivity index (χ3n) is 4.73. The molecule has 4 heteroatoms. The van der Waals surface area contributed by atoms with Crippen molar-refractivity contribution in [2.45, 2.75) is 12.8 Å². The summed E-state index contributed by atoms with van der Waals surface area (Å²) in [6.45, 7) is 1.53. The summed E-state index contributed by atoms with van der Waals surface area (Å²) in [6.07, 6.45) is 5.29. The highest BCUT2D eigenvalue weighted by Gasteiger charge is 2.20. The van der Waals surface area contributed by atoms with Gasteiger partial charge >= 0.3 is 0 Å². The predicted molar refractivity (Wildman–Crippen MR) is 104 cm³/mol. The Morgan fingerprint density at radius 1 is 1.04 bits per heavy atom. The highest BCUT2D eigenvalue weighted by Crippen LogP contribution is 2.33. The first kappa shape index (κ1) is 16.3. The molecule has 0 unspecified atom stereocenters. The summed E-state index contributed by atoms with van der Waals surface area (Å²) in [6, 6.07) is 20.5. The van der Waals surface area contributed by atoms with E-state index in [4.69, 9.17) is 0 Å². The van der Waals surface area contributed by atoms with Crippen molar-refractivity contribution < 1.29 is 4.79 Å². The molecule has 0 radical (unpaired) electrons. The fraction of sp³-hybridized carbons (Fsp3) is 0.182. The van der Waals surface area contributed by atoms with Gasteiger partial charge in [0.2, 0.25) is 0 Å². The molecule has 1 N–H and O–H groups in total. The van der Waals surface area contributed by atoms with Crippen LogP contribution in [-0.2, 0) is 12.8 Å². The molecule has 2 heterocycles. The highest BCUT2D eigenvalue weighted by molar-refractivity contribution is 5.95. The lowest BCUT2D eigenvalue weighted by Gasteiger charge is -2.19. The van der Waals surface area contributed by atoms with Crippen LogP contribution in [0.3, 0.4) is 0 Å². The molecule has 1 amide bonds. The number of fused-ring (bicyclic) bond motifs is 1. The molecule has 130 valence electrons. The third-order valence-corrected chi connectivity index (χ3v) is 4.73. The normalized spacial score (nSPS) is 12.7. The van der Waals surface area contributed by atoms with E-state index in [1.807, 2.05) is 36.5 Å². The lowest BCUT2D eigenvalue weighted by molar-refractivity contribution is 0.0954. The molecule has 4 nitrogen and oxygen atoms in total. The van der Waals surface area contributed by atoms with Crippen molar-refractivity contribution in [1.29, 1.82) is 0 Å². The summed E-state index contributed by atoms with van der Waals surface area (Å²) in [5.41, 5.74) is 5.32. The standard InChI is InChI=1S/C22H21N3O/c26-22(24-12-10-17-6-2-1-3-7-17)19-14-20(16-23-15-19)25-13-11-18-8-4-5-9-21(18)25/h1-9,14-16H,10-13H2,(H,24,26). The Bertz CT molecular complexity index is 908. The van der Waals surface area contributed by atoms with E-state index in [0.717, 1.165) is 25.1 Å². The van der Waals surface area contributed by atoms with Gasteiger partial charge in [0.25, 0.3) is 5.91 Å². The number of rotatable bonds is 5. The largest absolute Gasteiger partial charge is 0.352 e. The number of pyridine rings is 1. The van der Waals surface area contributed by atoms with E-state index < -0.39 is 0 Å². The summed E-state index contributed by atoms with van der Waals surface area (Å²) in [4.78, 5) is 19.0. The quantitative estimate of drug-likeness (QED) is 0.767. The number of benzene rings is 2. The van der Waals surface area contributed by atoms with E-state index in [2.05, 4.69) is 45.5 Å². The van der Waals surface area contributed by atoms with Crippen LogP contribution in [0.1, 0.15) is 21.5 Å². The first-order valence-electron chi connectivity index (χ1n) is 8.94. The maximum Gasteiger partial charge on any atom is 0.252 e. The Balaban J connectivity index is 1.43. The summed E-state index contributed by atoms with van der Waals surface area (Å²) in [5, 5.41) is 2.99. The van der Waals surface area contributed by atoms with E-state index in [9.17, 15) is 4.79 Å². The number of anilines is 2. The molecule has 3 aromatic rings. The molecule has 0 spiro atoms. The number of aromatic nitrogens is 1. The summed E-state index contributed by atoms with van der Waals surface area (Å²) >= 11 is 0. The van der Waals surface area contributed by atoms with Gasteiger partial charge in [-0.1, -0.05) is 48.5 Å². The molecule has 0 saturated heterocycles. The van der Waals surface area contributed by atoms with Gasteiger partial charge in [0.1, 0.15) is 0 Å². The Labute approximate surface area is 153 Å². The van der Waals surface area contributed by atoms with E-state index in [0.29, 0.717) is 12.1 Å². The summed E-state index contributed by atoms with van der Waals surface area (Å²) in [7, 11) is 0. The van der Waals surface area contributed by atoms with Crippen LogP contribution in [0.2, 0.25) is 0 Å².